The molecule has 0 fully saturated rings. The third-order valence-electron chi connectivity index (χ3n) is 2.97. The molecule has 1 N–H and O–H groups in total. The van der Waals surface area contributed by atoms with Gasteiger partial charge in [0.25, 0.3) is 0 Å². The van der Waals surface area contributed by atoms with E-state index in [1.165, 1.54) is 0 Å². The normalized spacial score (nSPS) is 12.8. The van der Waals surface area contributed by atoms with Crippen molar-refractivity contribution in [3.05, 3.63) is 23.0 Å². The summed E-state index contributed by atoms with van der Waals surface area (Å²) in [6.45, 7) is 6.92. The molecule has 0 amide bonds. The van der Waals surface area contributed by atoms with E-state index in [2.05, 4.69) is 17.7 Å². The van der Waals surface area contributed by atoms with Gasteiger partial charge in [0.2, 0.25) is 0 Å². The van der Waals surface area contributed by atoms with E-state index in [0.717, 1.165) is 24.4 Å². The Kier molecular flexibility index (Phi) is 4.47. The van der Waals surface area contributed by atoms with Gasteiger partial charge < -0.3 is 9.67 Å². The van der Waals surface area contributed by atoms with Crippen LogP contribution in [0.5, 0.6) is 0 Å². The highest BCUT2D eigenvalue weighted by atomic mass is 32.2. The molecular weight excluding hydrogens is 222 g/mol. The minimum absolute atomic E-state index is 0.425. The first kappa shape index (κ1) is 13.2. The number of carboxylic acids is 1. The number of aromatic carboxylic acids is 1. The first-order valence-electron chi connectivity index (χ1n) is 5.40. The molecule has 4 heteroatoms. The van der Waals surface area contributed by atoms with Crippen LogP contribution >= 0.6 is 11.8 Å². The van der Waals surface area contributed by atoms with Crippen LogP contribution in [0.3, 0.4) is 0 Å². The molecule has 3 nitrogen and oxygen atoms in total. The van der Waals surface area contributed by atoms with Gasteiger partial charge in [-0.2, -0.15) is 11.8 Å². The summed E-state index contributed by atoms with van der Waals surface area (Å²) in [5, 5.41) is 9.62. The Labute approximate surface area is 101 Å². The average molecular weight is 241 g/mol. The highest BCUT2D eigenvalue weighted by molar-refractivity contribution is 7.99. The Hall–Kier alpha value is -0.900. The SMILES string of the molecule is CSC(C)CCn1c(C)cc(C(=O)O)c1C. The molecule has 0 aliphatic carbocycles. The molecule has 0 aliphatic heterocycles. The molecular formula is C12H19NO2S. The van der Waals surface area contributed by atoms with Crippen LogP contribution in [0.2, 0.25) is 0 Å². The maximum atomic E-state index is 11.0. The summed E-state index contributed by atoms with van der Waals surface area (Å²) in [6, 6.07) is 1.75. The maximum absolute atomic E-state index is 11.0. The molecule has 0 saturated carbocycles. The van der Waals surface area contributed by atoms with E-state index in [0.29, 0.717) is 10.8 Å². The van der Waals surface area contributed by atoms with Crippen molar-refractivity contribution in [2.75, 3.05) is 6.26 Å². The second-order valence-corrected chi connectivity index (χ2v) is 5.35. The Morgan fingerprint density at radius 1 is 1.56 bits per heavy atom. The smallest absolute Gasteiger partial charge is 0.337 e. The minimum atomic E-state index is -0.836. The lowest BCUT2D eigenvalue weighted by molar-refractivity contribution is 0.0696. The maximum Gasteiger partial charge on any atom is 0.337 e. The van der Waals surface area contributed by atoms with Gasteiger partial charge in [-0.05, 0) is 32.6 Å². The fourth-order valence-electron chi connectivity index (χ4n) is 1.79. The molecule has 1 rings (SSSR count). The summed E-state index contributed by atoms with van der Waals surface area (Å²) >= 11 is 1.84. The first-order valence-corrected chi connectivity index (χ1v) is 6.69. The molecule has 0 aromatic carbocycles. The Bertz CT molecular complexity index is 385. The topological polar surface area (TPSA) is 42.2 Å². The van der Waals surface area contributed by atoms with Gasteiger partial charge in [0.15, 0.2) is 0 Å². The predicted molar refractivity (Wildman–Crippen MR) is 68.5 cm³/mol. The summed E-state index contributed by atoms with van der Waals surface area (Å²) in [7, 11) is 0. The van der Waals surface area contributed by atoms with E-state index in [1.807, 2.05) is 25.6 Å². The minimum Gasteiger partial charge on any atom is -0.478 e. The van der Waals surface area contributed by atoms with Crippen LogP contribution < -0.4 is 0 Å². The molecule has 0 aliphatic rings. The third kappa shape index (κ3) is 2.82. The van der Waals surface area contributed by atoms with Crippen molar-refractivity contribution in [3.63, 3.8) is 0 Å². The van der Waals surface area contributed by atoms with E-state index in [4.69, 9.17) is 5.11 Å². The molecule has 1 atom stereocenters. The lowest BCUT2D eigenvalue weighted by Crippen LogP contribution is -2.08. The van der Waals surface area contributed by atoms with E-state index >= 15 is 0 Å². The van der Waals surface area contributed by atoms with Crippen molar-refractivity contribution in [2.24, 2.45) is 0 Å². The highest BCUT2D eigenvalue weighted by Gasteiger charge is 2.14. The summed E-state index contributed by atoms with van der Waals surface area (Å²) in [4.78, 5) is 11.0. The quantitative estimate of drug-likeness (QED) is 0.861. The molecule has 0 bridgehead atoms. The Balaban J connectivity index is 2.84. The van der Waals surface area contributed by atoms with E-state index in [1.54, 1.807) is 6.07 Å². The number of carbonyl (C=O) groups is 1. The molecule has 0 saturated heterocycles. The molecule has 1 aromatic heterocycles. The fraction of sp³-hybridized carbons (Fsp3) is 0.583. The number of aryl methyl sites for hydroxylation is 1. The highest BCUT2D eigenvalue weighted by Crippen LogP contribution is 2.18. The van der Waals surface area contributed by atoms with Crippen molar-refractivity contribution in [2.45, 2.75) is 39.0 Å². The van der Waals surface area contributed by atoms with E-state index in [-0.39, 0.29) is 0 Å². The molecule has 16 heavy (non-hydrogen) atoms. The standard InChI is InChI=1S/C12H19NO2S/c1-8-7-11(12(14)15)10(3)13(8)6-5-9(2)16-4/h7,9H,5-6H2,1-4H3,(H,14,15). The number of hydrogen-bond acceptors (Lipinski definition) is 2. The molecule has 1 heterocycles. The fourth-order valence-corrected chi connectivity index (χ4v) is 2.13. The van der Waals surface area contributed by atoms with Crippen LogP contribution in [0.4, 0.5) is 0 Å². The Morgan fingerprint density at radius 3 is 2.62 bits per heavy atom. The first-order chi connectivity index (χ1) is 7.47. The van der Waals surface area contributed by atoms with Crippen LogP contribution in [0.1, 0.15) is 35.1 Å². The van der Waals surface area contributed by atoms with Gasteiger partial charge in [0.05, 0.1) is 5.56 Å². The van der Waals surface area contributed by atoms with Crippen LogP contribution in [0, 0.1) is 13.8 Å². The van der Waals surface area contributed by atoms with Crippen molar-refractivity contribution < 1.29 is 9.90 Å². The largest absolute Gasteiger partial charge is 0.478 e. The second kappa shape index (κ2) is 5.43. The monoisotopic (exact) mass is 241 g/mol. The van der Waals surface area contributed by atoms with Gasteiger partial charge in [0, 0.05) is 23.2 Å². The van der Waals surface area contributed by atoms with Gasteiger partial charge in [-0.1, -0.05) is 6.92 Å². The van der Waals surface area contributed by atoms with Gasteiger partial charge >= 0.3 is 5.97 Å². The Morgan fingerprint density at radius 2 is 2.19 bits per heavy atom. The van der Waals surface area contributed by atoms with Crippen molar-refractivity contribution in [3.8, 4) is 0 Å². The summed E-state index contributed by atoms with van der Waals surface area (Å²) in [5.41, 5.74) is 2.32. The van der Waals surface area contributed by atoms with Crippen molar-refractivity contribution >= 4 is 17.7 Å². The van der Waals surface area contributed by atoms with Gasteiger partial charge in [0.1, 0.15) is 0 Å². The number of rotatable bonds is 5. The summed E-state index contributed by atoms with van der Waals surface area (Å²) in [6.07, 6.45) is 3.17. The number of nitrogens with zero attached hydrogens (tertiary/aromatic N) is 1. The second-order valence-electron chi connectivity index (χ2n) is 4.08. The van der Waals surface area contributed by atoms with Gasteiger partial charge in [-0.3, -0.25) is 0 Å². The van der Waals surface area contributed by atoms with Crippen molar-refractivity contribution in [1.82, 2.24) is 4.57 Å². The number of thioether (sulfide) groups is 1. The molecule has 0 spiro atoms. The van der Waals surface area contributed by atoms with E-state index in [9.17, 15) is 4.79 Å². The zero-order valence-electron chi connectivity index (χ0n) is 10.3. The summed E-state index contributed by atoms with van der Waals surface area (Å²) < 4.78 is 2.09. The van der Waals surface area contributed by atoms with Crippen LogP contribution in [-0.4, -0.2) is 27.1 Å². The van der Waals surface area contributed by atoms with Crippen LogP contribution in [-0.2, 0) is 6.54 Å². The van der Waals surface area contributed by atoms with Crippen LogP contribution in [0.15, 0.2) is 6.07 Å². The average Bonchev–Trinajstić information content (AvgIpc) is 2.51. The van der Waals surface area contributed by atoms with Crippen molar-refractivity contribution in [1.29, 1.82) is 0 Å². The van der Waals surface area contributed by atoms with Gasteiger partial charge in [-0.15, -0.1) is 0 Å². The lowest BCUT2D eigenvalue weighted by atomic mass is 10.2. The lowest BCUT2D eigenvalue weighted by Gasteiger charge is -2.12. The third-order valence-corrected chi connectivity index (χ3v) is 4.01. The van der Waals surface area contributed by atoms with Gasteiger partial charge in [-0.25, -0.2) is 4.79 Å². The number of aromatic nitrogens is 1. The zero-order chi connectivity index (χ0) is 12.3. The molecule has 1 unspecified atom stereocenters. The predicted octanol–water partition coefficient (Wildman–Crippen LogP) is 2.94. The summed E-state index contributed by atoms with van der Waals surface area (Å²) in [5.74, 6) is -0.836. The zero-order valence-corrected chi connectivity index (χ0v) is 11.1. The van der Waals surface area contributed by atoms with Crippen LogP contribution in [0.25, 0.3) is 0 Å². The molecule has 1 aromatic rings. The molecule has 90 valence electrons. The number of carboxylic acid groups (broad SMARTS) is 1. The van der Waals surface area contributed by atoms with E-state index < -0.39 is 5.97 Å². The molecule has 0 radical (unpaired) electrons. The number of hydrogen-bond donors (Lipinski definition) is 1.